The Kier molecular flexibility index (Phi) is 5.04. The highest BCUT2D eigenvalue weighted by Crippen LogP contribution is 2.18. The van der Waals surface area contributed by atoms with Gasteiger partial charge < -0.3 is 21.7 Å². The highest BCUT2D eigenvalue weighted by molar-refractivity contribution is 5.92. The van der Waals surface area contributed by atoms with E-state index in [1.165, 1.54) is 24.4 Å². The van der Waals surface area contributed by atoms with Crippen LogP contribution in [0.4, 0.5) is 5.69 Å². The number of nitrogens with two attached hydrogens (primary N) is 2. The number of aromatic hydroxyl groups is 1. The van der Waals surface area contributed by atoms with Crippen molar-refractivity contribution in [2.75, 3.05) is 5.73 Å². The molecule has 2 aromatic rings. The summed E-state index contributed by atoms with van der Waals surface area (Å²) in [6.45, 7) is 0. The van der Waals surface area contributed by atoms with E-state index in [0.29, 0.717) is 11.3 Å². The van der Waals surface area contributed by atoms with E-state index in [-0.39, 0.29) is 11.3 Å². The number of pyridine rings is 1. The van der Waals surface area contributed by atoms with Crippen LogP contribution >= 0.6 is 0 Å². The molecule has 1 aromatic carbocycles. The minimum atomic E-state index is -1.19. The summed E-state index contributed by atoms with van der Waals surface area (Å²) < 4.78 is 0. The molecule has 0 atom stereocenters. The normalized spacial score (nSPS) is 9.20. The number of carbonyl (C=O) groups excluding carboxylic acids is 1. The molecular weight excluding hydrogens is 262 g/mol. The Hall–Kier alpha value is -3.09. The number of carbonyl (C=O) groups is 2. The van der Waals surface area contributed by atoms with Crippen LogP contribution < -0.4 is 11.5 Å². The van der Waals surface area contributed by atoms with Crippen molar-refractivity contribution in [3.63, 3.8) is 0 Å². The maximum absolute atomic E-state index is 10.4. The first-order valence-corrected chi connectivity index (χ1v) is 5.43. The number of primary amides is 1. The number of rotatable bonds is 2. The third kappa shape index (κ3) is 4.30. The lowest BCUT2D eigenvalue weighted by atomic mass is 10.2. The lowest BCUT2D eigenvalue weighted by Gasteiger charge is -1.98. The molecule has 2 rings (SSSR count). The predicted molar refractivity (Wildman–Crippen MR) is 72.2 cm³/mol. The van der Waals surface area contributed by atoms with Gasteiger partial charge in [-0.15, -0.1) is 0 Å². The van der Waals surface area contributed by atoms with Crippen LogP contribution in [-0.4, -0.2) is 27.1 Å². The molecule has 0 aliphatic carbocycles. The minimum absolute atomic E-state index is 0.176. The first-order chi connectivity index (χ1) is 9.41. The molecule has 1 amide bonds. The number of amides is 1. The molecule has 20 heavy (non-hydrogen) atoms. The largest absolute Gasteiger partial charge is 0.507 e. The monoisotopic (exact) mass is 275 g/mol. The van der Waals surface area contributed by atoms with Crippen LogP contribution in [0, 0.1) is 0 Å². The van der Waals surface area contributed by atoms with Crippen LogP contribution in [0.3, 0.4) is 0 Å². The number of hydrogen-bond acceptors (Lipinski definition) is 5. The average molecular weight is 275 g/mol. The van der Waals surface area contributed by atoms with Crippen molar-refractivity contribution in [2.24, 2.45) is 5.73 Å². The molecule has 104 valence electrons. The van der Waals surface area contributed by atoms with Crippen molar-refractivity contribution in [3.05, 3.63) is 53.9 Å². The fourth-order valence-electron chi connectivity index (χ4n) is 1.23. The lowest BCUT2D eigenvalue weighted by molar-refractivity contribution is 0.0693. The van der Waals surface area contributed by atoms with Gasteiger partial charge in [-0.2, -0.15) is 0 Å². The third-order valence-corrected chi connectivity index (χ3v) is 2.20. The minimum Gasteiger partial charge on any atom is -0.507 e. The Morgan fingerprint density at radius 2 is 1.90 bits per heavy atom. The van der Waals surface area contributed by atoms with Crippen LogP contribution in [0.1, 0.15) is 20.7 Å². The van der Waals surface area contributed by atoms with Crippen molar-refractivity contribution in [3.8, 4) is 5.75 Å². The molecule has 0 spiro atoms. The Bertz CT molecular complexity index is 614. The van der Waals surface area contributed by atoms with Crippen LogP contribution in [0.25, 0.3) is 0 Å². The zero-order chi connectivity index (χ0) is 15.1. The molecule has 0 saturated carbocycles. The molecule has 0 fully saturated rings. The van der Waals surface area contributed by atoms with Crippen LogP contribution in [0.2, 0.25) is 0 Å². The summed E-state index contributed by atoms with van der Waals surface area (Å²) >= 11 is 0. The number of nitrogen functional groups attached to an aromatic ring is 1. The molecule has 0 aliphatic heterocycles. The maximum atomic E-state index is 10.4. The smallest absolute Gasteiger partial charge is 0.339 e. The number of hydrogen-bond donors (Lipinski definition) is 4. The van der Waals surface area contributed by atoms with Gasteiger partial charge in [-0.25, -0.2) is 4.79 Å². The first kappa shape index (κ1) is 15.0. The highest BCUT2D eigenvalue weighted by Gasteiger charge is 2.08. The SMILES string of the molecule is NC(=O)c1cccnc1.Nc1ccc(O)c(C(=O)O)c1. The van der Waals surface area contributed by atoms with E-state index in [9.17, 15) is 9.59 Å². The lowest BCUT2D eigenvalue weighted by Crippen LogP contribution is -2.10. The van der Waals surface area contributed by atoms with E-state index in [4.69, 9.17) is 21.7 Å². The average Bonchev–Trinajstić information content (AvgIpc) is 2.43. The maximum Gasteiger partial charge on any atom is 0.339 e. The van der Waals surface area contributed by atoms with Crippen molar-refractivity contribution in [1.82, 2.24) is 4.98 Å². The van der Waals surface area contributed by atoms with Gasteiger partial charge >= 0.3 is 5.97 Å². The molecule has 0 aliphatic rings. The van der Waals surface area contributed by atoms with Crippen molar-refractivity contribution < 1.29 is 19.8 Å². The van der Waals surface area contributed by atoms with Crippen molar-refractivity contribution in [1.29, 1.82) is 0 Å². The van der Waals surface area contributed by atoms with Crippen LogP contribution in [0.15, 0.2) is 42.7 Å². The number of carboxylic acid groups (broad SMARTS) is 1. The third-order valence-electron chi connectivity index (χ3n) is 2.20. The summed E-state index contributed by atoms with van der Waals surface area (Å²) in [7, 11) is 0. The summed E-state index contributed by atoms with van der Waals surface area (Å²) in [6, 6.07) is 7.17. The number of aromatic nitrogens is 1. The Balaban J connectivity index is 0.000000204. The summed E-state index contributed by atoms with van der Waals surface area (Å²) in [4.78, 5) is 24.4. The van der Waals surface area contributed by atoms with Gasteiger partial charge in [-0.1, -0.05) is 0 Å². The zero-order valence-electron chi connectivity index (χ0n) is 10.4. The Morgan fingerprint density at radius 1 is 1.20 bits per heavy atom. The number of phenols is 1. The fraction of sp³-hybridized carbons (Fsp3) is 0. The zero-order valence-corrected chi connectivity index (χ0v) is 10.4. The van der Waals surface area contributed by atoms with Gasteiger partial charge in [-0.3, -0.25) is 9.78 Å². The van der Waals surface area contributed by atoms with Crippen LogP contribution in [0.5, 0.6) is 5.75 Å². The Labute approximate surface area is 114 Å². The van der Waals surface area contributed by atoms with Gasteiger partial charge in [0, 0.05) is 18.1 Å². The molecule has 6 N–H and O–H groups in total. The molecule has 0 radical (unpaired) electrons. The van der Waals surface area contributed by atoms with Crippen molar-refractivity contribution in [2.45, 2.75) is 0 Å². The first-order valence-electron chi connectivity index (χ1n) is 5.43. The molecule has 0 saturated heterocycles. The van der Waals surface area contributed by atoms with Crippen molar-refractivity contribution >= 4 is 17.6 Å². The number of nitrogens with zero attached hydrogens (tertiary/aromatic N) is 1. The summed E-state index contributed by atoms with van der Waals surface area (Å²) in [6.07, 6.45) is 3.02. The standard InChI is InChI=1S/C7H7NO3.C6H6N2O/c8-4-1-2-6(9)5(3-4)7(10)11;7-6(9)5-2-1-3-8-4-5/h1-3,9H,8H2,(H,10,11);1-4H,(H2,7,9). The summed E-state index contributed by atoms with van der Waals surface area (Å²) in [5, 5.41) is 17.4. The van der Waals surface area contributed by atoms with Crippen LogP contribution in [-0.2, 0) is 0 Å². The number of aromatic carboxylic acids is 1. The predicted octanol–water partition coefficient (Wildman–Crippen LogP) is 0.853. The number of benzene rings is 1. The van der Waals surface area contributed by atoms with Gasteiger partial charge in [0.2, 0.25) is 5.91 Å². The molecule has 0 bridgehead atoms. The molecule has 1 heterocycles. The highest BCUT2D eigenvalue weighted by atomic mass is 16.4. The second-order valence-corrected chi connectivity index (χ2v) is 3.69. The quantitative estimate of drug-likeness (QED) is 0.473. The van der Waals surface area contributed by atoms with Gasteiger partial charge in [-0.05, 0) is 30.3 Å². The summed E-state index contributed by atoms with van der Waals surface area (Å²) in [5.74, 6) is -1.90. The van der Waals surface area contributed by atoms with Gasteiger partial charge in [0.1, 0.15) is 11.3 Å². The van der Waals surface area contributed by atoms with Gasteiger partial charge in [0.15, 0.2) is 0 Å². The summed E-state index contributed by atoms with van der Waals surface area (Å²) in [5.41, 5.74) is 10.8. The fourth-order valence-corrected chi connectivity index (χ4v) is 1.23. The van der Waals surface area contributed by atoms with E-state index < -0.39 is 11.9 Å². The molecular formula is C13H13N3O4. The molecule has 1 aromatic heterocycles. The molecule has 7 nitrogen and oxygen atoms in total. The van der Waals surface area contributed by atoms with E-state index in [0.717, 1.165) is 0 Å². The second kappa shape index (κ2) is 6.74. The van der Waals surface area contributed by atoms with E-state index in [1.54, 1.807) is 18.3 Å². The van der Waals surface area contributed by atoms with Gasteiger partial charge in [0.05, 0.1) is 5.56 Å². The molecule has 0 unspecified atom stereocenters. The van der Waals surface area contributed by atoms with E-state index in [1.807, 2.05) is 0 Å². The van der Waals surface area contributed by atoms with E-state index in [2.05, 4.69) is 4.98 Å². The molecule has 7 heteroatoms. The topological polar surface area (TPSA) is 140 Å². The second-order valence-electron chi connectivity index (χ2n) is 3.69. The Morgan fingerprint density at radius 3 is 2.30 bits per heavy atom. The number of anilines is 1. The van der Waals surface area contributed by atoms with E-state index >= 15 is 0 Å². The number of carboxylic acids is 1. The van der Waals surface area contributed by atoms with Gasteiger partial charge in [0.25, 0.3) is 0 Å².